The van der Waals surface area contributed by atoms with Gasteiger partial charge < -0.3 is 9.32 Å². The Morgan fingerprint density at radius 3 is 2.80 bits per heavy atom. The quantitative estimate of drug-likeness (QED) is 0.857. The molecule has 4 heteroatoms. The molecule has 1 aromatic heterocycles. The third-order valence-electron chi connectivity index (χ3n) is 5.57. The number of hydrogen-bond acceptors (Lipinski definition) is 3. The van der Waals surface area contributed by atoms with Crippen LogP contribution in [-0.2, 0) is 11.3 Å². The molecule has 4 rings (SSSR count). The number of benzene rings is 1. The van der Waals surface area contributed by atoms with E-state index < -0.39 is 0 Å². The average molecular weight is 338 g/mol. The number of carbonyl (C=O) groups is 1. The Labute approximate surface area is 149 Å². The normalized spacial score (nSPS) is 24.1. The Morgan fingerprint density at radius 1 is 1.12 bits per heavy atom. The van der Waals surface area contributed by atoms with Crippen molar-refractivity contribution in [3.63, 3.8) is 0 Å². The van der Waals surface area contributed by atoms with Crippen molar-refractivity contribution < 1.29 is 9.21 Å². The molecule has 2 aliphatic rings. The van der Waals surface area contributed by atoms with Gasteiger partial charge >= 0.3 is 0 Å². The van der Waals surface area contributed by atoms with Crippen molar-refractivity contribution in [2.75, 3.05) is 26.2 Å². The van der Waals surface area contributed by atoms with Crippen LogP contribution in [0.1, 0.15) is 35.6 Å². The minimum atomic E-state index is 0.133. The highest BCUT2D eigenvalue weighted by molar-refractivity contribution is 5.82. The van der Waals surface area contributed by atoms with Gasteiger partial charge in [-0.15, -0.1) is 0 Å². The fourth-order valence-corrected chi connectivity index (χ4v) is 3.90. The number of furan rings is 1. The van der Waals surface area contributed by atoms with Gasteiger partial charge in [0.2, 0.25) is 5.91 Å². The zero-order valence-corrected chi connectivity index (χ0v) is 14.9. The summed E-state index contributed by atoms with van der Waals surface area (Å²) in [5.41, 5.74) is 2.74. The second kappa shape index (κ2) is 7.04. The largest absolute Gasteiger partial charge is 0.469 e. The molecule has 1 saturated heterocycles. The number of rotatable bonds is 4. The first-order valence-corrected chi connectivity index (χ1v) is 9.31. The molecule has 2 heterocycles. The van der Waals surface area contributed by atoms with Crippen LogP contribution in [0, 0.1) is 12.8 Å². The van der Waals surface area contributed by atoms with E-state index in [1.165, 1.54) is 11.1 Å². The molecule has 4 nitrogen and oxygen atoms in total. The molecule has 1 saturated carbocycles. The zero-order chi connectivity index (χ0) is 17.2. The molecule has 0 radical (unpaired) electrons. The van der Waals surface area contributed by atoms with Crippen LogP contribution in [0.2, 0.25) is 0 Å². The van der Waals surface area contributed by atoms with Crippen molar-refractivity contribution in [2.24, 2.45) is 5.92 Å². The highest BCUT2D eigenvalue weighted by atomic mass is 16.3. The third-order valence-corrected chi connectivity index (χ3v) is 5.57. The minimum Gasteiger partial charge on any atom is -0.469 e. The van der Waals surface area contributed by atoms with Crippen LogP contribution in [0.25, 0.3) is 0 Å². The highest BCUT2D eigenvalue weighted by Crippen LogP contribution is 2.48. The van der Waals surface area contributed by atoms with E-state index in [9.17, 15) is 4.79 Å². The lowest BCUT2D eigenvalue weighted by atomic mass is 10.1. The second-order valence-electron chi connectivity index (χ2n) is 7.35. The van der Waals surface area contributed by atoms with Crippen molar-refractivity contribution in [1.29, 1.82) is 0 Å². The Hall–Kier alpha value is -2.07. The standard InChI is InChI=1S/C21H26N2O2/c1-16-6-2-3-7-17(16)15-22-9-5-10-23(12-11-22)21(24)19-14-18(19)20-8-4-13-25-20/h2-4,6-8,13,18-19H,5,9-12,14-15H2,1H3/t18-,19-/m1/s1. The molecule has 0 N–H and O–H groups in total. The van der Waals surface area contributed by atoms with Gasteiger partial charge in [-0.3, -0.25) is 9.69 Å². The first-order valence-electron chi connectivity index (χ1n) is 9.31. The van der Waals surface area contributed by atoms with Crippen molar-refractivity contribution in [1.82, 2.24) is 9.80 Å². The Kier molecular flexibility index (Phi) is 4.62. The molecule has 2 atom stereocenters. The fraction of sp³-hybridized carbons (Fsp3) is 0.476. The summed E-state index contributed by atoms with van der Waals surface area (Å²) in [6, 6.07) is 12.5. The maximum Gasteiger partial charge on any atom is 0.226 e. The van der Waals surface area contributed by atoms with Gasteiger partial charge in [-0.25, -0.2) is 0 Å². The van der Waals surface area contributed by atoms with Gasteiger partial charge in [0.15, 0.2) is 0 Å². The molecule has 2 fully saturated rings. The molecular formula is C21H26N2O2. The highest BCUT2D eigenvalue weighted by Gasteiger charge is 2.47. The molecule has 1 aliphatic carbocycles. The van der Waals surface area contributed by atoms with Crippen LogP contribution in [0.15, 0.2) is 47.1 Å². The van der Waals surface area contributed by atoms with E-state index in [1.54, 1.807) is 6.26 Å². The van der Waals surface area contributed by atoms with Gasteiger partial charge in [0, 0.05) is 44.6 Å². The summed E-state index contributed by atoms with van der Waals surface area (Å²) >= 11 is 0. The summed E-state index contributed by atoms with van der Waals surface area (Å²) in [4.78, 5) is 17.4. The van der Waals surface area contributed by atoms with Crippen LogP contribution < -0.4 is 0 Å². The SMILES string of the molecule is Cc1ccccc1CN1CCCN(C(=O)[C@@H]2C[C@H]2c2ccco2)CC1. The number of nitrogens with zero attached hydrogens (tertiary/aromatic N) is 2. The Balaban J connectivity index is 1.32. The monoisotopic (exact) mass is 338 g/mol. The molecule has 1 aromatic carbocycles. The Bertz CT molecular complexity index is 725. The predicted molar refractivity (Wildman–Crippen MR) is 97.2 cm³/mol. The van der Waals surface area contributed by atoms with E-state index >= 15 is 0 Å². The summed E-state index contributed by atoms with van der Waals surface area (Å²) in [7, 11) is 0. The number of hydrogen-bond donors (Lipinski definition) is 0. The molecule has 0 spiro atoms. The van der Waals surface area contributed by atoms with Crippen LogP contribution in [0.3, 0.4) is 0 Å². The van der Waals surface area contributed by atoms with Crippen molar-refractivity contribution in [2.45, 2.75) is 32.2 Å². The summed E-state index contributed by atoms with van der Waals surface area (Å²) in [5.74, 6) is 1.72. The fourth-order valence-electron chi connectivity index (χ4n) is 3.90. The van der Waals surface area contributed by atoms with Crippen molar-refractivity contribution >= 4 is 5.91 Å². The first-order chi connectivity index (χ1) is 12.2. The molecule has 0 unspecified atom stereocenters. The second-order valence-corrected chi connectivity index (χ2v) is 7.35. The van der Waals surface area contributed by atoms with Crippen molar-refractivity contribution in [3.8, 4) is 0 Å². The molecule has 1 aliphatic heterocycles. The third kappa shape index (κ3) is 3.64. The van der Waals surface area contributed by atoms with Crippen molar-refractivity contribution in [3.05, 3.63) is 59.5 Å². The average Bonchev–Trinajstić information content (AvgIpc) is 3.30. The lowest BCUT2D eigenvalue weighted by molar-refractivity contribution is -0.132. The lowest BCUT2D eigenvalue weighted by Gasteiger charge is -2.22. The maximum atomic E-state index is 12.8. The van der Waals surface area contributed by atoms with Gasteiger partial charge in [-0.1, -0.05) is 24.3 Å². The van der Waals surface area contributed by atoms with Gasteiger partial charge in [-0.2, -0.15) is 0 Å². The van der Waals surface area contributed by atoms with Gasteiger partial charge in [-0.05, 0) is 43.0 Å². The van der Waals surface area contributed by atoms with E-state index in [0.29, 0.717) is 11.8 Å². The minimum absolute atomic E-state index is 0.133. The lowest BCUT2D eigenvalue weighted by Crippen LogP contribution is -2.36. The van der Waals surface area contributed by atoms with E-state index in [4.69, 9.17) is 4.42 Å². The van der Waals surface area contributed by atoms with E-state index in [2.05, 4.69) is 41.0 Å². The van der Waals surface area contributed by atoms with E-state index in [-0.39, 0.29) is 5.92 Å². The number of carbonyl (C=O) groups excluding carboxylic acids is 1. The van der Waals surface area contributed by atoms with Crippen LogP contribution in [0.4, 0.5) is 0 Å². The van der Waals surface area contributed by atoms with Crippen LogP contribution in [-0.4, -0.2) is 41.9 Å². The molecule has 1 amide bonds. The predicted octanol–water partition coefficient (Wildman–Crippen LogP) is 3.43. The van der Waals surface area contributed by atoms with Gasteiger partial charge in [0.05, 0.1) is 6.26 Å². The van der Waals surface area contributed by atoms with E-state index in [1.807, 2.05) is 12.1 Å². The topological polar surface area (TPSA) is 36.7 Å². The molecular weight excluding hydrogens is 312 g/mol. The molecule has 132 valence electrons. The molecule has 2 aromatic rings. The van der Waals surface area contributed by atoms with Crippen LogP contribution >= 0.6 is 0 Å². The summed E-state index contributed by atoms with van der Waals surface area (Å²) in [6.45, 7) is 6.89. The summed E-state index contributed by atoms with van der Waals surface area (Å²) in [6.07, 6.45) is 3.69. The number of aryl methyl sites for hydroxylation is 1. The number of amides is 1. The van der Waals surface area contributed by atoms with Gasteiger partial charge in [0.1, 0.15) is 5.76 Å². The zero-order valence-electron chi connectivity index (χ0n) is 14.9. The Morgan fingerprint density at radius 2 is 2.00 bits per heavy atom. The molecule has 25 heavy (non-hydrogen) atoms. The van der Waals surface area contributed by atoms with E-state index in [0.717, 1.165) is 51.3 Å². The smallest absolute Gasteiger partial charge is 0.226 e. The first kappa shape index (κ1) is 16.4. The maximum absolute atomic E-state index is 12.8. The van der Waals surface area contributed by atoms with Gasteiger partial charge in [0.25, 0.3) is 0 Å². The molecule has 0 bridgehead atoms. The summed E-state index contributed by atoms with van der Waals surface area (Å²) in [5, 5.41) is 0. The summed E-state index contributed by atoms with van der Waals surface area (Å²) < 4.78 is 5.47. The van der Waals surface area contributed by atoms with Crippen LogP contribution in [0.5, 0.6) is 0 Å².